The van der Waals surface area contributed by atoms with E-state index in [-0.39, 0.29) is 48.8 Å². The highest BCUT2D eigenvalue weighted by Gasteiger charge is 2.24. The van der Waals surface area contributed by atoms with E-state index >= 15 is 0 Å². The number of nitrogens with zero attached hydrogens (tertiary/aromatic N) is 6. The summed E-state index contributed by atoms with van der Waals surface area (Å²) in [5, 5.41) is 8.31. The summed E-state index contributed by atoms with van der Waals surface area (Å²) < 4.78 is 8.19. The van der Waals surface area contributed by atoms with Crippen LogP contribution < -0.4 is 15.0 Å². The Morgan fingerprint density at radius 2 is 1.71 bits per heavy atom. The van der Waals surface area contributed by atoms with Gasteiger partial charge in [0.25, 0.3) is 5.78 Å². The fourth-order valence-corrected chi connectivity index (χ4v) is 4.24. The summed E-state index contributed by atoms with van der Waals surface area (Å²) in [5.74, 6) is 2.90. The Morgan fingerprint density at radius 1 is 1.00 bits per heavy atom. The number of rotatable bonds is 4. The van der Waals surface area contributed by atoms with Gasteiger partial charge < -0.3 is 25.3 Å². The molecular formula is C22H34Cl3N7O2. The minimum absolute atomic E-state index is 0. The molecule has 190 valence electrons. The first-order valence-corrected chi connectivity index (χ1v) is 10.8. The third kappa shape index (κ3) is 6.62. The molecule has 4 heterocycles. The standard InChI is InChI=1S/C22H29N7O.3ClH.H2O/c1-16-15-28(13-10-23-16)20-14-19(30-18-8-11-27(2)12-9-18)24-22-25-21(26-29(20)22)17-6-4-3-5-7-17;;;;/h3-7,14,16,18,23H,8-13,15H2,1-2H3;3*1H;1H2. The van der Waals surface area contributed by atoms with Gasteiger partial charge in [-0.3, -0.25) is 0 Å². The van der Waals surface area contributed by atoms with Crippen molar-refractivity contribution in [1.29, 1.82) is 0 Å². The van der Waals surface area contributed by atoms with Gasteiger partial charge in [-0.1, -0.05) is 30.3 Å². The zero-order valence-electron chi connectivity index (χ0n) is 19.4. The van der Waals surface area contributed by atoms with Gasteiger partial charge in [0.1, 0.15) is 11.9 Å². The topological polar surface area (TPSA) is 102 Å². The molecule has 2 fully saturated rings. The van der Waals surface area contributed by atoms with E-state index in [9.17, 15) is 0 Å². The molecule has 2 aromatic heterocycles. The minimum atomic E-state index is 0. The van der Waals surface area contributed by atoms with Crippen molar-refractivity contribution in [3.63, 3.8) is 0 Å². The van der Waals surface area contributed by atoms with E-state index in [0.717, 1.165) is 56.9 Å². The van der Waals surface area contributed by atoms with Gasteiger partial charge in [-0.05, 0) is 26.8 Å². The van der Waals surface area contributed by atoms with Crippen LogP contribution in [0.25, 0.3) is 17.2 Å². The summed E-state index contributed by atoms with van der Waals surface area (Å²) >= 11 is 0. The fourth-order valence-electron chi connectivity index (χ4n) is 4.24. The molecule has 0 spiro atoms. The van der Waals surface area contributed by atoms with Crippen molar-refractivity contribution in [3.8, 4) is 17.3 Å². The Kier molecular flexibility index (Phi) is 11.8. The predicted molar refractivity (Wildman–Crippen MR) is 142 cm³/mol. The maximum atomic E-state index is 6.32. The molecule has 1 aromatic carbocycles. The number of piperidine rings is 1. The van der Waals surface area contributed by atoms with Crippen molar-refractivity contribution >= 4 is 48.8 Å². The monoisotopic (exact) mass is 533 g/mol. The maximum absolute atomic E-state index is 6.32. The molecule has 0 amide bonds. The smallest absolute Gasteiger partial charge is 0.257 e. The average molecular weight is 535 g/mol. The summed E-state index contributed by atoms with van der Waals surface area (Å²) in [6, 6.07) is 12.5. The van der Waals surface area contributed by atoms with Crippen LogP contribution in [-0.2, 0) is 0 Å². The number of aromatic nitrogens is 4. The Morgan fingerprint density at radius 3 is 2.38 bits per heavy atom. The van der Waals surface area contributed by atoms with Crippen LogP contribution in [0.2, 0.25) is 0 Å². The van der Waals surface area contributed by atoms with Crippen LogP contribution in [0.4, 0.5) is 5.82 Å². The fraction of sp³-hybridized carbons (Fsp3) is 0.500. The number of ether oxygens (including phenoxy) is 1. The van der Waals surface area contributed by atoms with Crippen LogP contribution in [0.3, 0.4) is 0 Å². The number of hydrogen-bond donors (Lipinski definition) is 1. The summed E-state index contributed by atoms with van der Waals surface area (Å²) in [6.07, 6.45) is 2.24. The first-order chi connectivity index (χ1) is 14.7. The van der Waals surface area contributed by atoms with Crippen molar-refractivity contribution in [1.82, 2.24) is 29.8 Å². The molecule has 2 saturated heterocycles. The summed E-state index contributed by atoms with van der Waals surface area (Å²) in [5.41, 5.74) is 0.986. The van der Waals surface area contributed by atoms with Crippen LogP contribution >= 0.6 is 37.2 Å². The number of benzene rings is 1. The highest BCUT2D eigenvalue weighted by atomic mass is 35.5. The van der Waals surface area contributed by atoms with Gasteiger partial charge in [-0.15, -0.1) is 42.3 Å². The first-order valence-electron chi connectivity index (χ1n) is 10.8. The SMILES string of the molecule is CC1CN(c2cc(OC3CCN(C)CC3)nc3nc(-c4ccccc4)nn23)CCN1.Cl.Cl.Cl.O. The van der Waals surface area contributed by atoms with E-state index in [1.807, 2.05) is 40.9 Å². The third-order valence-electron chi connectivity index (χ3n) is 5.95. The molecule has 1 unspecified atom stereocenters. The zero-order chi connectivity index (χ0) is 20.5. The molecule has 2 aliphatic heterocycles. The van der Waals surface area contributed by atoms with Gasteiger partial charge in [-0.25, -0.2) is 0 Å². The molecule has 34 heavy (non-hydrogen) atoms. The van der Waals surface area contributed by atoms with E-state index in [2.05, 4.69) is 29.1 Å². The quantitative estimate of drug-likeness (QED) is 0.549. The molecule has 3 N–H and O–H groups in total. The number of anilines is 1. The molecule has 0 saturated carbocycles. The van der Waals surface area contributed by atoms with Crippen molar-refractivity contribution in [2.45, 2.75) is 31.9 Å². The predicted octanol–water partition coefficient (Wildman–Crippen LogP) is 2.50. The van der Waals surface area contributed by atoms with Crippen molar-refractivity contribution in [2.24, 2.45) is 0 Å². The van der Waals surface area contributed by atoms with Gasteiger partial charge in [-0.2, -0.15) is 14.5 Å². The number of piperazine rings is 1. The Bertz CT molecular complexity index is 1020. The second kappa shape index (κ2) is 13.3. The Balaban J connectivity index is 0.00000144. The third-order valence-corrected chi connectivity index (χ3v) is 5.95. The molecule has 9 nitrogen and oxygen atoms in total. The minimum Gasteiger partial charge on any atom is -0.474 e. The van der Waals surface area contributed by atoms with E-state index in [1.165, 1.54) is 0 Å². The van der Waals surface area contributed by atoms with E-state index in [0.29, 0.717) is 23.5 Å². The Hall–Kier alpha value is -1.88. The van der Waals surface area contributed by atoms with Gasteiger partial charge in [0, 0.05) is 50.4 Å². The second-order valence-electron chi connectivity index (χ2n) is 8.39. The van der Waals surface area contributed by atoms with Gasteiger partial charge in [0.2, 0.25) is 5.88 Å². The van der Waals surface area contributed by atoms with Gasteiger partial charge >= 0.3 is 0 Å². The molecule has 5 rings (SSSR count). The highest BCUT2D eigenvalue weighted by molar-refractivity contribution is 5.86. The van der Waals surface area contributed by atoms with Crippen LogP contribution in [0.1, 0.15) is 19.8 Å². The van der Waals surface area contributed by atoms with Crippen molar-refractivity contribution < 1.29 is 10.2 Å². The van der Waals surface area contributed by atoms with Gasteiger partial charge in [0.15, 0.2) is 5.82 Å². The van der Waals surface area contributed by atoms with Crippen molar-refractivity contribution in [2.75, 3.05) is 44.7 Å². The summed E-state index contributed by atoms with van der Waals surface area (Å²) in [7, 11) is 2.16. The number of likely N-dealkylation sites (tertiary alicyclic amines) is 1. The number of halogens is 3. The van der Waals surface area contributed by atoms with Crippen LogP contribution in [0.5, 0.6) is 5.88 Å². The lowest BCUT2D eigenvalue weighted by atomic mass is 10.1. The molecule has 0 aliphatic carbocycles. The lowest BCUT2D eigenvalue weighted by molar-refractivity contribution is 0.110. The summed E-state index contributed by atoms with van der Waals surface area (Å²) in [4.78, 5) is 14.1. The molecule has 12 heteroatoms. The van der Waals surface area contributed by atoms with Gasteiger partial charge in [0.05, 0.1) is 0 Å². The van der Waals surface area contributed by atoms with E-state index in [1.54, 1.807) is 0 Å². The molecule has 1 atom stereocenters. The number of fused-ring (bicyclic) bond motifs is 1. The highest BCUT2D eigenvalue weighted by Crippen LogP contribution is 2.26. The lowest BCUT2D eigenvalue weighted by Crippen LogP contribution is -2.49. The average Bonchev–Trinajstić information content (AvgIpc) is 3.20. The van der Waals surface area contributed by atoms with E-state index < -0.39 is 0 Å². The normalized spacial score (nSPS) is 18.8. The van der Waals surface area contributed by atoms with Crippen LogP contribution in [0, 0.1) is 0 Å². The summed E-state index contributed by atoms with van der Waals surface area (Å²) in [6.45, 7) is 7.08. The van der Waals surface area contributed by atoms with Crippen LogP contribution in [0.15, 0.2) is 36.4 Å². The zero-order valence-corrected chi connectivity index (χ0v) is 21.8. The molecule has 3 aromatic rings. The van der Waals surface area contributed by atoms with E-state index in [4.69, 9.17) is 19.8 Å². The maximum Gasteiger partial charge on any atom is 0.257 e. The molecular weight excluding hydrogens is 501 g/mol. The van der Waals surface area contributed by atoms with Crippen LogP contribution in [-0.4, -0.2) is 81.9 Å². The number of nitrogens with one attached hydrogen (secondary N) is 1. The molecule has 2 aliphatic rings. The molecule has 0 bridgehead atoms. The Labute approximate surface area is 218 Å². The first kappa shape index (κ1) is 30.2. The number of hydrogen-bond acceptors (Lipinski definition) is 7. The van der Waals surface area contributed by atoms with Crippen molar-refractivity contribution in [3.05, 3.63) is 36.4 Å². The lowest BCUT2D eigenvalue weighted by Gasteiger charge is -2.33. The second-order valence-corrected chi connectivity index (χ2v) is 8.39. The molecule has 0 radical (unpaired) electrons. The largest absolute Gasteiger partial charge is 0.474 e.